The van der Waals surface area contributed by atoms with E-state index >= 15 is 0 Å². The van der Waals surface area contributed by atoms with Gasteiger partial charge in [0.05, 0.1) is 11.5 Å². The molecule has 1 heterocycles. The molecule has 92 valence electrons. The summed E-state index contributed by atoms with van der Waals surface area (Å²) in [4.78, 5) is 2.44. The van der Waals surface area contributed by atoms with Crippen molar-refractivity contribution in [3.63, 3.8) is 0 Å². The summed E-state index contributed by atoms with van der Waals surface area (Å²) in [5.74, 6) is 0. The topological polar surface area (TPSA) is 39.1 Å². The molecule has 3 heteroatoms. The van der Waals surface area contributed by atoms with Gasteiger partial charge in [-0.1, -0.05) is 0 Å². The van der Waals surface area contributed by atoms with Gasteiger partial charge in [-0.05, 0) is 59.7 Å². The first-order valence-corrected chi connectivity index (χ1v) is 6.37. The smallest absolute Gasteiger partial charge is 0.0683 e. The summed E-state index contributed by atoms with van der Waals surface area (Å²) >= 11 is 0. The second-order valence-corrected chi connectivity index (χ2v) is 5.58. The van der Waals surface area contributed by atoms with E-state index in [0.29, 0.717) is 6.04 Å². The van der Waals surface area contributed by atoms with E-state index in [0.717, 1.165) is 25.9 Å². The Bertz CT molecular complexity index is 236. The monoisotopic (exact) mass is 223 g/mol. The van der Waals surface area contributed by atoms with Crippen LogP contribution < -0.4 is 5.32 Å². The van der Waals surface area contributed by atoms with Crippen LogP contribution in [0.5, 0.6) is 0 Å². The predicted octanol–water partition coefficient (Wildman–Crippen LogP) is 2.00. The van der Waals surface area contributed by atoms with Crippen molar-refractivity contribution < 1.29 is 0 Å². The Morgan fingerprint density at radius 2 is 2.25 bits per heavy atom. The summed E-state index contributed by atoms with van der Waals surface area (Å²) in [5.41, 5.74) is -0.161. The summed E-state index contributed by atoms with van der Waals surface area (Å²) in [6, 6.07) is 3.06. The molecule has 1 atom stereocenters. The van der Waals surface area contributed by atoms with Gasteiger partial charge < -0.3 is 10.2 Å². The van der Waals surface area contributed by atoms with Crippen molar-refractivity contribution >= 4 is 0 Å². The quantitative estimate of drug-likeness (QED) is 0.775. The molecule has 1 N–H and O–H groups in total. The third kappa shape index (κ3) is 4.51. The molecule has 1 aliphatic heterocycles. The van der Waals surface area contributed by atoms with Crippen LogP contribution in [-0.4, -0.2) is 37.6 Å². The van der Waals surface area contributed by atoms with Crippen LogP contribution >= 0.6 is 0 Å². The molecule has 0 bridgehead atoms. The van der Waals surface area contributed by atoms with Gasteiger partial charge in [-0.2, -0.15) is 5.26 Å². The first-order chi connectivity index (χ1) is 7.55. The summed E-state index contributed by atoms with van der Waals surface area (Å²) in [6.07, 6.45) is 4.71. The van der Waals surface area contributed by atoms with Crippen molar-refractivity contribution in [1.82, 2.24) is 10.2 Å². The molecule has 16 heavy (non-hydrogen) atoms. The lowest BCUT2D eigenvalue weighted by molar-refractivity contribution is 0.194. The Labute approximate surface area is 99.8 Å². The Kier molecular flexibility index (Phi) is 5.24. The number of piperidine rings is 1. The predicted molar refractivity (Wildman–Crippen MR) is 67.1 cm³/mol. The Hall–Kier alpha value is -0.590. The third-order valence-electron chi connectivity index (χ3n) is 3.51. The molecular formula is C13H25N3. The highest BCUT2D eigenvalue weighted by atomic mass is 15.2. The van der Waals surface area contributed by atoms with Crippen molar-refractivity contribution in [3.8, 4) is 6.07 Å². The Morgan fingerprint density at radius 1 is 1.50 bits per heavy atom. The minimum atomic E-state index is -0.161. The van der Waals surface area contributed by atoms with Crippen LogP contribution in [0, 0.1) is 16.7 Å². The fourth-order valence-corrected chi connectivity index (χ4v) is 2.22. The summed E-state index contributed by atoms with van der Waals surface area (Å²) in [7, 11) is 2.21. The summed E-state index contributed by atoms with van der Waals surface area (Å²) < 4.78 is 0. The molecular weight excluding hydrogens is 198 g/mol. The second kappa shape index (κ2) is 6.22. The lowest BCUT2D eigenvalue weighted by Crippen LogP contribution is -2.44. The van der Waals surface area contributed by atoms with Crippen LogP contribution in [0.1, 0.15) is 39.5 Å². The van der Waals surface area contributed by atoms with E-state index in [-0.39, 0.29) is 5.41 Å². The molecule has 1 unspecified atom stereocenters. The maximum Gasteiger partial charge on any atom is 0.0683 e. The van der Waals surface area contributed by atoms with Crippen LogP contribution in [-0.2, 0) is 0 Å². The molecule has 0 aliphatic carbocycles. The van der Waals surface area contributed by atoms with Gasteiger partial charge in [-0.15, -0.1) is 0 Å². The van der Waals surface area contributed by atoms with E-state index in [9.17, 15) is 0 Å². The average Bonchev–Trinajstić information content (AvgIpc) is 2.30. The molecule has 3 nitrogen and oxygen atoms in total. The fraction of sp³-hybridized carbons (Fsp3) is 0.923. The van der Waals surface area contributed by atoms with Gasteiger partial charge in [0.15, 0.2) is 0 Å². The van der Waals surface area contributed by atoms with Crippen molar-refractivity contribution in [3.05, 3.63) is 0 Å². The molecule has 1 rings (SSSR count). The van der Waals surface area contributed by atoms with Crippen molar-refractivity contribution in [1.29, 1.82) is 5.26 Å². The Balaban J connectivity index is 2.19. The highest BCUT2D eigenvalue weighted by Gasteiger charge is 2.19. The molecule has 0 amide bonds. The summed E-state index contributed by atoms with van der Waals surface area (Å²) in [5, 5.41) is 12.4. The number of rotatable bonds is 5. The first kappa shape index (κ1) is 13.5. The molecule has 0 aromatic carbocycles. The van der Waals surface area contributed by atoms with Crippen molar-refractivity contribution in [2.75, 3.05) is 26.7 Å². The number of nitrogens with zero attached hydrogens (tertiary/aromatic N) is 2. The zero-order valence-corrected chi connectivity index (χ0v) is 10.9. The van der Waals surface area contributed by atoms with Crippen LogP contribution in [0.25, 0.3) is 0 Å². The Morgan fingerprint density at radius 3 is 2.81 bits per heavy atom. The highest BCUT2D eigenvalue weighted by Crippen LogP contribution is 2.21. The third-order valence-corrected chi connectivity index (χ3v) is 3.51. The maximum absolute atomic E-state index is 8.93. The van der Waals surface area contributed by atoms with Gasteiger partial charge in [0.1, 0.15) is 0 Å². The van der Waals surface area contributed by atoms with E-state index in [1.165, 1.54) is 19.4 Å². The van der Waals surface area contributed by atoms with E-state index in [1.54, 1.807) is 0 Å². The number of nitriles is 1. The minimum absolute atomic E-state index is 0.161. The standard InChI is InChI=1S/C13H25N3/c1-13(2,11-14)7-5-9-16(3)12-6-4-8-15-10-12/h12,15H,4-10H2,1-3H3. The number of nitrogens with one attached hydrogen (secondary N) is 1. The lowest BCUT2D eigenvalue weighted by atomic mass is 9.89. The number of hydrogen-bond donors (Lipinski definition) is 1. The summed E-state index contributed by atoms with van der Waals surface area (Å²) in [6.45, 7) is 7.45. The van der Waals surface area contributed by atoms with Crippen LogP contribution in [0.3, 0.4) is 0 Å². The molecule has 0 spiro atoms. The normalized spacial score (nSPS) is 22.1. The average molecular weight is 223 g/mol. The highest BCUT2D eigenvalue weighted by molar-refractivity contribution is 4.91. The van der Waals surface area contributed by atoms with Crippen LogP contribution in [0.2, 0.25) is 0 Å². The molecule has 0 aromatic rings. The van der Waals surface area contributed by atoms with Gasteiger partial charge in [0, 0.05) is 12.6 Å². The molecule has 1 aliphatic rings. The van der Waals surface area contributed by atoms with Gasteiger partial charge in [0.2, 0.25) is 0 Å². The molecule has 1 fully saturated rings. The van der Waals surface area contributed by atoms with Crippen molar-refractivity contribution in [2.45, 2.75) is 45.6 Å². The first-order valence-electron chi connectivity index (χ1n) is 6.37. The van der Waals surface area contributed by atoms with E-state index in [1.807, 2.05) is 13.8 Å². The van der Waals surface area contributed by atoms with Gasteiger partial charge in [-0.25, -0.2) is 0 Å². The van der Waals surface area contributed by atoms with Gasteiger partial charge >= 0.3 is 0 Å². The van der Waals surface area contributed by atoms with Crippen LogP contribution in [0.15, 0.2) is 0 Å². The van der Waals surface area contributed by atoms with Gasteiger partial charge in [-0.3, -0.25) is 0 Å². The molecule has 0 radical (unpaired) electrons. The number of hydrogen-bond acceptors (Lipinski definition) is 3. The molecule has 0 saturated carbocycles. The lowest BCUT2D eigenvalue weighted by Gasteiger charge is -2.32. The van der Waals surface area contributed by atoms with E-state index in [4.69, 9.17) is 5.26 Å². The fourth-order valence-electron chi connectivity index (χ4n) is 2.22. The second-order valence-electron chi connectivity index (χ2n) is 5.58. The van der Waals surface area contributed by atoms with E-state index < -0.39 is 0 Å². The minimum Gasteiger partial charge on any atom is -0.315 e. The van der Waals surface area contributed by atoms with Crippen molar-refractivity contribution in [2.24, 2.45) is 5.41 Å². The zero-order valence-electron chi connectivity index (χ0n) is 10.9. The number of likely N-dealkylation sites (N-methyl/N-ethyl adjacent to an activating group) is 1. The largest absolute Gasteiger partial charge is 0.315 e. The molecule has 1 saturated heterocycles. The van der Waals surface area contributed by atoms with Crippen LogP contribution in [0.4, 0.5) is 0 Å². The maximum atomic E-state index is 8.93. The molecule has 0 aromatic heterocycles. The van der Waals surface area contributed by atoms with E-state index in [2.05, 4.69) is 23.3 Å². The SMILES string of the molecule is CN(CCCC(C)(C)C#N)C1CCCNC1. The zero-order chi connectivity index (χ0) is 12.0. The van der Waals surface area contributed by atoms with Gasteiger partial charge in [0.25, 0.3) is 0 Å².